The van der Waals surface area contributed by atoms with Crippen molar-refractivity contribution in [2.45, 2.75) is 35.8 Å². The lowest BCUT2D eigenvalue weighted by Crippen LogP contribution is -2.36. The summed E-state index contributed by atoms with van der Waals surface area (Å²) in [7, 11) is 0. The Morgan fingerprint density at radius 1 is 1.13 bits per heavy atom. The molecule has 8 heteroatoms. The van der Waals surface area contributed by atoms with Crippen LogP contribution in [-0.2, 0) is 15.3 Å². The zero-order valence-electron chi connectivity index (χ0n) is 16.1. The molecule has 2 aromatic carbocycles. The second-order valence-electron chi connectivity index (χ2n) is 7.40. The molecule has 2 N–H and O–H groups in total. The first-order chi connectivity index (χ1) is 14.5. The minimum atomic E-state index is -0.875. The number of carboxylic acid groups (broad SMARTS) is 1. The maximum absolute atomic E-state index is 12.7. The van der Waals surface area contributed by atoms with Crippen molar-refractivity contribution in [2.75, 3.05) is 5.32 Å². The van der Waals surface area contributed by atoms with E-state index in [0.29, 0.717) is 18.5 Å². The number of nitrogens with zero attached hydrogens (tertiary/aromatic N) is 1. The van der Waals surface area contributed by atoms with Crippen LogP contribution < -0.4 is 5.32 Å². The molecule has 1 fully saturated rings. The number of benzene rings is 2. The number of carbonyl (C=O) groups excluding carboxylic acids is 1. The van der Waals surface area contributed by atoms with Crippen molar-refractivity contribution in [3.8, 4) is 0 Å². The number of thioether (sulfide) groups is 1. The molecule has 1 heterocycles. The number of nitrogens with one attached hydrogen (secondary N) is 1. The summed E-state index contributed by atoms with van der Waals surface area (Å²) in [5, 5.41) is 12.3. The van der Waals surface area contributed by atoms with Gasteiger partial charge < -0.3 is 10.4 Å². The van der Waals surface area contributed by atoms with Crippen LogP contribution in [0.15, 0.2) is 51.3 Å². The van der Waals surface area contributed by atoms with Crippen molar-refractivity contribution in [1.29, 1.82) is 0 Å². The van der Waals surface area contributed by atoms with Gasteiger partial charge in [-0.1, -0.05) is 52.7 Å². The summed E-state index contributed by atoms with van der Waals surface area (Å²) in [5.74, 6) is -1.29. The highest BCUT2D eigenvalue weighted by atomic mass is 79.9. The van der Waals surface area contributed by atoms with Gasteiger partial charge in [0.05, 0.1) is 22.1 Å². The van der Waals surface area contributed by atoms with Gasteiger partial charge in [-0.05, 0) is 48.7 Å². The molecule has 0 radical (unpaired) electrons. The number of carbonyl (C=O) groups is 2. The summed E-state index contributed by atoms with van der Waals surface area (Å²) in [6.07, 6.45) is 2.96. The number of halogens is 1. The normalized spacial score (nSPS) is 19.0. The van der Waals surface area contributed by atoms with E-state index in [1.165, 1.54) is 5.56 Å². The summed E-state index contributed by atoms with van der Waals surface area (Å²) < 4.78 is 3.05. The molecular weight excluding hydrogens is 484 g/mol. The standard InChI is InChI=1S/C22H21BrN2O3S2/c23-14-7-5-13(6-8-14)12-29-22-25-18-10-9-15(11-19(18)30-22)24-20(26)16-3-1-2-4-17(16)21(27)28/h5-11,16-17H,1-4,12H2,(H,24,26)(H,27,28)/t16-,17+/m1/s1. The van der Waals surface area contributed by atoms with Gasteiger partial charge in [0.1, 0.15) is 0 Å². The van der Waals surface area contributed by atoms with Gasteiger partial charge in [0.25, 0.3) is 0 Å². The monoisotopic (exact) mass is 504 g/mol. The molecule has 1 saturated carbocycles. The van der Waals surface area contributed by atoms with E-state index in [1.807, 2.05) is 30.3 Å². The molecule has 30 heavy (non-hydrogen) atoms. The lowest BCUT2D eigenvalue weighted by atomic mass is 9.78. The molecule has 2 atom stereocenters. The molecule has 0 unspecified atom stereocenters. The Kier molecular flexibility index (Phi) is 6.75. The molecule has 4 rings (SSSR count). The maximum atomic E-state index is 12.7. The van der Waals surface area contributed by atoms with E-state index in [-0.39, 0.29) is 5.91 Å². The highest BCUT2D eigenvalue weighted by Gasteiger charge is 2.35. The Hall–Kier alpha value is -1.90. The lowest BCUT2D eigenvalue weighted by Gasteiger charge is -2.27. The average Bonchev–Trinajstić information content (AvgIpc) is 3.15. The largest absolute Gasteiger partial charge is 0.481 e. The maximum Gasteiger partial charge on any atom is 0.307 e. The number of thiazole rings is 1. The highest BCUT2D eigenvalue weighted by molar-refractivity contribution is 9.10. The summed E-state index contributed by atoms with van der Waals surface area (Å²) in [6.45, 7) is 0. The molecule has 1 aliphatic rings. The third kappa shape index (κ3) is 5.04. The zero-order valence-corrected chi connectivity index (χ0v) is 19.4. The van der Waals surface area contributed by atoms with E-state index in [1.54, 1.807) is 23.1 Å². The van der Waals surface area contributed by atoms with E-state index >= 15 is 0 Å². The molecule has 5 nitrogen and oxygen atoms in total. The van der Waals surface area contributed by atoms with Gasteiger partial charge >= 0.3 is 5.97 Å². The SMILES string of the molecule is O=C(O)[C@H]1CCCC[C@H]1C(=O)Nc1ccc2nc(SCc3ccc(Br)cc3)sc2c1. The first-order valence-corrected chi connectivity index (χ1v) is 12.4. The van der Waals surface area contributed by atoms with E-state index in [9.17, 15) is 14.7 Å². The van der Waals surface area contributed by atoms with Gasteiger partial charge in [-0.15, -0.1) is 11.3 Å². The topological polar surface area (TPSA) is 79.3 Å². The molecule has 1 aromatic heterocycles. The minimum absolute atomic E-state index is 0.198. The summed E-state index contributed by atoms with van der Waals surface area (Å²) in [6, 6.07) is 13.9. The van der Waals surface area contributed by atoms with Gasteiger partial charge in [0.2, 0.25) is 5.91 Å². The number of aromatic nitrogens is 1. The molecule has 1 amide bonds. The number of aliphatic carboxylic acids is 1. The molecule has 0 spiro atoms. The van der Waals surface area contributed by atoms with E-state index in [0.717, 1.165) is 37.6 Å². The summed E-state index contributed by atoms with van der Waals surface area (Å²) in [4.78, 5) is 28.9. The van der Waals surface area contributed by atoms with Crippen LogP contribution in [0.1, 0.15) is 31.2 Å². The Morgan fingerprint density at radius 2 is 1.87 bits per heavy atom. The Balaban J connectivity index is 1.43. The number of amides is 1. The third-order valence-electron chi connectivity index (χ3n) is 5.33. The fraction of sp³-hybridized carbons (Fsp3) is 0.318. The quantitative estimate of drug-likeness (QED) is 0.391. The average molecular weight is 505 g/mol. The Labute approximate surface area is 191 Å². The minimum Gasteiger partial charge on any atom is -0.481 e. The van der Waals surface area contributed by atoms with Gasteiger partial charge in [0.15, 0.2) is 4.34 Å². The van der Waals surface area contributed by atoms with Crippen molar-refractivity contribution >= 4 is 66.8 Å². The van der Waals surface area contributed by atoms with Crippen molar-refractivity contribution in [1.82, 2.24) is 4.98 Å². The summed E-state index contributed by atoms with van der Waals surface area (Å²) >= 11 is 6.74. The van der Waals surface area contributed by atoms with E-state index in [2.05, 4.69) is 38.4 Å². The second-order valence-corrected chi connectivity index (χ2v) is 10.6. The van der Waals surface area contributed by atoms with Gasteiger partial charge in [-0.25, -0.2) is 4.98 Å². The predicted molar refractivity (Wildman–Crippen MR) is 125 cm³/mol. The molecule has 3 aromatic rings. The molecule has 1 aliphatic carbocycles. The number of anilines is 1. The molecule has 156 valence electrons. The Bertz CT molecular complexity index is 1070. The molecule has 0 saturated heterocycles. The second kappa shape index (κ2) is 9.49. The molecular formula is C22H21BrN2O3S2. The highest BCUT2D eigenvalue weighted by Crippen LogP contribution is 2.34. The fourth-order valence-electron chi connectivity index (χ4n) is 3.74. The van der Waals surface area contributed by atoms with Crippen molar-refractivity contribution in [2.24, 2.45) is 11.8 Å². The molecule has 0 bridgehead atoms. The molecule has 0 aliphatic heterocycles. The fourth-order valence-corrected chi connectivity index (χ4v) is 6.07. The number of fused-ring (bicyclic) bond motifs is 1. The van der Waals surface area contributed by atoms with Crippen molar-refractivity contribution in [3.05, 3.63) is 52.5 Å². The van der Waals surface area contributed by atoms with Crippen LogP contribution >= 0.6 is 39.0 Å². The van der Waals surface area contributed by atoms with Crippen LogP contribution in [0.2, 0.25) is 0 Å². The van der Waals surface area contributed by atoms with Crippen LogP contribution in [0, 0.1) is 11.8 Å². The van der Waals surface area contributed by atoms with Gasteiger partial charge in [0, 0.05) is 15.9 Å². The van der Waals surface area contributed by atoms with Crippen LogP contribution in [0.5, 0.6) is 0 Å². The smallest absolute Gasteiger partial charge is 0.307 e. The van der Waals surface area contributed by atoms with Crippen LogP contribution in [-0.4, -0.2) is 22.0 Å². The van der Waals surface area contributed by atoms with Gasteiger partial charge in [-0.3, -0.25) is 9.59 Å². The zero-order chi connectivity index (χ0) is 21.1. The van der Waals surface area contributed by atoms with Crippen LogP contribution in [0.3, 0.4) is 0 Å². The number of carboxylic acids is 1. The van der Waals surface area contributed by atoms with Gasteiger partial charge in [-0.2, -0.15) is 0 Å². The van der Waals surface area contributed by atoms with Crippen LogP contribution in [0.25, 0.3) is 10.2 Å². The predicted octanol–water partition coefficient (Wildman–Crippen LogP) is 6.18. The summed E-state index contributed by atoms with van der Waals surface area (Å²) in [5.41, 5.74) is 2.82. The Morgan fingerprint density at radius 3 is 2.60 bits per heavy atom. The number of hydrogen-bond donors (Lipinski definition) is 2. The number of hydrogen-bond acceptors (Lipinski definition) is 5. The number of rotatable bonds is 6. The van der Waals surface area contributed by atoms with E-state index in [4.69, 9.17) is 0 Å². The van der Waals surface area contributed by atoms with Crippen molar-refractivity contribution < 1.29 is 14.7 Å². The third-order valence-corrected chi connectivity index (χ3v) is 8.09. The van der Waals surface area contributed by atoms with E-state index < -0.39 is 17.8 Å². The van der Waals surface area contributed by atoms with Crippen LogP contribution in [0.4, 0.5) is 5.69 Å². The van der Waals surface area contributed by atoms with Crippen molar-refractivity contribution in [3.63, 3.8) is 0 Å². The first-order valence-electron chi connectivity index (χ1n) is 9.81. The lowest BCUT2D eigenvalue weighted by molar-refractivity contribution is -0.147. The first kappa shape index (κ1) is 21.3.